The van der Waals surface area contributed by atoms with E-state index in [1.165, 1.54) is 21.4 Å². The molecular formula is C31H27N5S. The van der Waals surface area contributed by atoms with Crippen molar-refractivity contribution < 1.29 is 0 Å². The van der Waals surface area contributed by atoms with Gasteiger partial charge in [-0.25, -0.2) is 9.97 Å². The van der Waals surface area contributed by atoms with Crippen LogP contribution < -0.4 is 0 Å². The number of fused-ring (bicyclic) bond motifs is 3. The van der Waals surface area contributed by atoms with Crippen LogP contribution in [0.25, 0.3) is 31.8 Å². The minimum absolute atomic E-state index is 0.308. The van der Waals surface area contributed by atoms with Gasteiger partial charge in [-0.3, -0.25) is 9.89 Å². The van der Waals surface area contributed by atoms with Gasteiger partial charge in [-0.1, -0.05) is 60.7 Å². The quantitative estimate of drug-likeness (QED) is 0.274. The first-order valence-corrected chi connectivity index (χ1v) is 13.6. The summed E-state index contributed by atoms with van der Waals surface area (Å²) in [5, 5.41) is 1.07. The molecule has 5 aromatic rings. The molecule has 6 heteroatoms. The average Bonchev–Trinajstić information content (AvgIpc) is 3.57. The monoisotopic (exact) mass is 501 g/mol. The fourth-order valence-corrected chi connectivity index (χ4v) is 6.35. The largest absolute Gasteiger partial charge is 0.341 e. The van der Waals surface area contributed by atoms with Gasteiger partial charge in [0, 0.05) is 24.4 Å². The number of nitrogens with one attached hydrogen (secondary N) is 1. The highest BCUT2D eigenvalue weighted by atomic mass is 32.1. The number of hydrogen-bond acceptors (Lipinski definition) is 5. The predicted octanol–water partition coefficient (Wildman–Crippen LogP) is 6.94. The minimum Gasteiger partial charge on any atom is -0.341 e. The molecule has 3 heterocycles. The first kappa shape index (κ1) is 22.3. The first-order valence-electron chi connectivity index (χ1n) is 12.8. The smallest absolute Gasteiger partial charge is 0.124 e. The number of aromatic nitrogens is 3. The van der Waals surface area contributed by atoms with Gasteiger partial charge in [0.15, 0.2) is 0 Å². The molecule has 2 atom stereocenters. The van der Waals surface area contributed by atoms with Crippen LogP contribution in [-0.4, -0.2) is 38.2 Å². The van der Waals surface area contributed by atoms with E-state index in [4.69, 9.17) is 9.97 Å². The van der Waals surface area contributed by atoms with Crippen molar-refractivity contribution in [3.05, 3.63) is 108 Å². The Hall–Kier alpha value is -3.87. The number of para-hydroxylation sites is 3. The molecule has 0 saturated carbocycles. The van der Waals surface area contributed by atoms with Crippen molar-refractivity contribution in [1.82, 2.24) is 19.9 Å². The Bertz CT molecular complexity index is 1590. The molecule has 5 nitrogen and oxygen atoms in total. The topological polar surface area (TPSA) is 57.2 Å². The van der Waals surface area contributed by atoms with Crippen molar-refractivity contribution in [2.24, 2.45) is 4.99 Å². The number of H-pyrrole nitrogens is 1. The van der Waals surface area contributed by atoms with Gasteiger partial charge in [-0.05, 0) is 54.3 Å². The van der Waals surface area contributed by atoms with Crippen LogP contribution >= 0.6 is 11.3 Å². The van der Waals surface area contributed by atoms with E-state index in [1.807, 2.05) is 18.3 Å². The molecule has 2 aliphatic rings. The fourth-order valence-electron chi connectivity index (χ4n) is 5.38. The van der Waals surface area contributed by atoms with Gasteiger partial charge in [-0.15, -0.1) is 11.3 Å². The Kier molecular flexibility index (Phi) is 5.76. The summed E-state index contributed by atoms with van der Waals surface area (Å²) in [5.74, 6) is 1.00. The summed E-state index contributed by atoms with van der Waals surface area (Å²) < 4.78 is 1.23. The number of aliphatic imine (C=N–C) groups is 1. The van der Waals surface area contributed by atoms with Crippen LogP contribution in [0.4, 0.5) is 0 Å². The molecule has 0 amide bonds. The van der Waals surface area contributed by atoms with E-state index in [-0.39, 0.29) is 0 Å². The van der Waals surface area contributed by atoms with E-state index < -0.39 is 0 Å². The first-order chi connectivity index (χ1) is 18.3. The van der Waals surface area contributed by atoms with Crippen LogP contribution in [0.15, 0.2) is 102 Å². The van der Waals surface area contributed by atoms with Gasteiger partial charge in [-0.2, -0.15) is 0 Å². The van der Waals surface area contributed by atoms with Gasteiger partial charge in [0.05, 0.1) is 33.8 Å². The summed E-state index contributed by atoms with van der Waals surface area (Å²) in [4.78, 5) is 20.5. The maximum atomic E-state index is 4.88. The van der Waals surface area contributed by atoms with Crippen molar-refractivity contribution >= 4 is 38.8 Å². The van der Waals surface area contributed by atoms with Gasteiger partial charge >= 0.3 is 0 Å². The van der Waals surface area contributed by atoms with Crippen molar-refractivity contribution in [2.75, 3.05) is 0 Å². The number of thiazole rings is 1. The van der Waals surface area contributed by atoms with E-state index in [0.717, 1.165) is 53.3 Å². The summed E-state index contributed by atoms with van der Waals surface area (Å²) in [6, 6.07) is 26.1. The van der Waals surface area contributed by atoms with Crippen LogP contribution in [0, 0.1) is 0 Å². The molecular weight excluding hydrogens is 474 g/mol. The van der Waals surface area contributed by atoms with Gasteiger partial charge < -0.3 is 4.98 Å². The fraction of sp³-hybridized carbons (Fsp3) is 0.194. The number of dihydropyridines is 1. The van der Waals surface area contributed by atoms with Crippen LogP contribution in [0.2, 0.25) is 0 Å². The lowest BCUT2D eigenvalue weighted by Crippen LogP contribution is -2.37. The van der Waals surface area contributed by atoms with Gasteiger partial charge in [0.25, 0.3) is 0 Å². The van der Waals surface area contributed by atoms with E-state index in [1.54, 1.807) is 11.3 Å². The summed E-state index contributed by atoms with van der Waals surface area (Å²) in [7, 11) is 0. The predicted molar refractivity (Wildman–Crippen MR) is 153 cm³/mol. The van der Waals surface area contributed by atoms with Crippen LogP contribution in [0.5, 0.6) is 0 Å². The van der Waals surface area contributed by atoms with E-state index in [9.17, 15) is 0 Å². The van der Waals surface area contributed by atoms with Crippen LogP contribution in [-0.2, 0) is 13.1 Å². The van der Waals surface area contributed by atoms with Crippen molar-refractivity contribution in [3.8, 4) is 10.6 Å². The Balaban J connectivity index is 1.17. The molecule has 0 bridgehead atoms. The third-order valence-corrected chi connectivity index (χ3v) is 8.37. The molecule has 0 fully saturated rings. The number of allylic oxidation sites excluding steroid dienone is 1. The number of nitrogens with zero attached hydrogens (tertiary/aromatic N) is 4. The number of imidazole rings is 1. The van der Waals surface area contributed by atoms with E-state index in [2.05, 4.69) is 93.8 Å². The lowest BCUT2D eigenvalue weighted by Gasteiger charge is -2.34. The summed E-state index contributed by atoms with van der Waals surface area (Å²) in [6.07, 6.45) is 10.8. The molecule has 1 aliphatic carbocycles. The normalized spacial score (nSPS) is 19.0. The van der Waals surface area contributed by atoms with E-state index >= 15 is 0 Å². The van der Waals surface area contributed by atoms with Gasteiger partial charge in [0.1, 0.15) is 10.8 Å². The summed E-state index contributed by atoms with van der Waals surface area (Å²) >= 11 is 1.75. The number of benzene rings is 3. The Morgan fingerprint density at radius 3 is 2.57 bits per heavy atom. The Labute approximate surface area is 219 Å². The SMILES string of the molecule is C1=CC2=CC(N(Cc3ccc(-c4nc5ccccc5s4)cc3)Cc3nc4ccccc4[nH]3)CCC2N=C1. The highest BCUT2D eigenvalue weighted by Crippen LogP contribution is 2.32. The van der Waals surface area contributed by atoms with Crippen molar-refractivity contribution in [1.29, 1.82) is 0 Å². The zero-order chi connectivity index (χ0) is 24.6. The minimum atomic E-state index is 0.308. The third-order valence-electron chi connectivity index (χ3n) is 7.29. The molecule has 1 N–H and O–H groups in total. The molecule has 182 valence electrons. The summed E-state index contributed by atoms with van der Waals surface area (Å²) in [5.41, 5.74) is 6.96. The molecule has 2 unspecified atom stereocenters. The Morgan fingerprint density at radius 1 is 0.865 bits per heavy atom. The molecule has 2 aromatic heterocycles. The maximum absolute atomic E-state index is 4.88. The van der Waals surface area contributed by atoms with E-state index in [0.29, 0.717) is 12.1 Å². The molecule has 0 saturated heterocycles. The third kappa shape index (κ3) is 4.54. The highest BCUT2D eigenvalue weighted by molar-refractivity contribution is 7.21. The number of aromatic amines is 1. The highest BCUT2D eigenvalue weighted by Gasteiger charge is 2.27. The molecule has 3 aromatic carbocycles. The number of hydrogen-bond donors (Lipinski definition) is 1. The van der Waals surface area contributed by atoms with Crippen molar-refractivity contribution in [3.63, 3.8) is 0 Å². The molecule has 7 rings (SSSR count). The molecule has 0 radical (unpaired) electrons. The molecule has 37 heavy (non-hydrogen) atoms. The Morgan fingerprint density at radius 2 is 1.70 bits per heavy atom. The maximum Gasteiger partial charge on any atom is 0.124 e. The number of rotatable bonds is 6. The zero-order valence-corrected chi connectivity index (χ0v) is 21.2. The van der Waals surface area contributed by atoms with Crippen molar-refractivity contribution in [2.45, 2.75) is 38.0 Å². The second-order valence-electron chi connectivity index (χ2n) is 9.77. The lowest BCUT2D eigenvalue weighted by atomic mass is 9.89. The second kappa shape index (κ2) is 9.54. The lowest BCUT2D eigenvalue weighted by molar-refractivity contribution is 0.188. The van der Waals surface area contributed by atoms with Crippen LogP contribution in [0.3, 0.4) is 0 Å². The molecule has 1 aliphatic heterocycles. The van der Waals surface area contributed by atoms with Crippen LogP contribution in [0.1, 0.15) is 24.2 Å². The average molecular weight is 502 g/mol. The standard InChI is InChI=1S/C31H27N5S/c1-2-8-27-26(7-1)33-30(34-27)20-36(24-15-16-25-23(18-24)6-5-17-32-25)19-21-11-13-22(14-12-21)31-35-28-9-3-4-10-29(28)37-31/h1-14,17-18,24-25H,15-16,19-20H2,(H,33,34). The zero-order valence-electron chi connectivity index (χ0n) is 20.4. The molecule has 0 spiro atoms. The van der Waals surface area contributed by atoms with Gasteiger partial charge in [0.2, 0.25) is 0 Å². The summed E-state index contributed by atoms with van der Waals surface area (Å²) in [6.45, 7) is 1.61. The second-order valence-corrected chi connectivity index (χ2v) is 10.8.